The maximum Gasteiger partial charge on any atom is 0.234 e. The quantitative estimate of drug-likeness (QED) is 0.817. The fourth-order valence-corrected chi connectivity index (χ4v) is 2.60. The third kappa shape index (κ3) is 3.33. The van der Waals surface area contributed by atoms with Crippen molar-refractivity contribution in [3.8, 4) is 5.88 Å². The fraction of sp³-hybridized carbons (Fsp3) is 0.583. The maximum absolute atomic E-state index is 12.2. The number of carbonyl (C=O) groups is 1. The molecule has 0 aliphatic heterocycles. The van der Waals surface area contributed by atoms with Crippen LogP contribution in [0.2, 0.25) is 5.15 Å². The zero-order chi connectivity index (χ0) is 13.8. The highest BCUT2D eigenvalue weighted by atomic mass is 35.5. The summed E-state index contributed by atoms with van der Waals surface area (Å²) >= 11 is 5.83. The van der Waals surface area contributed by atoms with Gasteiger partial charge in [-0.2, -0.15) is 4.98 Å². The van der Waals surface area contributed by atoms with E-state index in [2.05, 4.69) is 15.3 Å². The summed E-state index contributed by atoms with van der Waals surface area (Å²) in [6, 6.07) is 1.48. The predicted octanol–water partition coefficient (Wildman–Crippen LogP) is 1.45. The van der Waals surface area contributed by atoms with Crippen molar-refractivity contribution in [2.24, 2.45) is 17.6 Å². The number of nitrogens with two attached hydrogens (primary N) is 1. The van der Waals surface area contributed by atoms with E-state index in [1.165, 1.54) is 13.2 Å². The lowest BCUT2D eigenvalue weighted by atomic mass is 9.95. The molecule has 2 unspecified atom stereocenters. The normalized spacial score (nSPS) is 22.3. The lowest BCUT2D eigenvalue weighted by Gasteiger charge is -2.16. The van der Waals surface area contributed by atoms with E-state index in [1.807, 2.05) is 0 Å². The van der Waals surface area contributed by atoms with Gasteiger partial charge in [0.25, 0.3) is 0 Å². The number of anilines is 1. The van der Waals surface area contributed by atoms with Crippen LogP contribution in [0.25, 0.3) is 0 Å². The molecule has 1 amide bonds. The van der Waals surface area contributed by atoms with E-state index < -0.39 is 0 Å². The molecule has 1 aliphatic carbocycles. The minimum atomic E-state index is -0.0998. The van der Waals surface area contributed by atoms with Gasteiger partial charge in [0.15, 0.2) is 0 Å². The molecule has 1 aromatic heterocycles. The van der Waals surface area contributed by atoms with Crippen molar-refractivity contribution in [1.29, 1.82) is 0 Å². The van der Waals surface area contributed by atoms with Crippen LogP contribution in [-0.2, 0) is 4.79 Å². The molecule has 1 aliphatic rings. The molecule has 7 heteroatoms. The molecule has 1 aromatic rings. The Bertz CT molecular complexity index is 469. The molecular formula is C12H17ClN4O2. The molecule has 0 aromatic carbocycles. The number of ether oxygens (including phenoxy) is 1. The predicted molar refractivity (Wildman–Crippen MR) is 72.1 cm³/mol. The van der Waals surface area contributed by atoms with E-state index in [0.717, 1.165) is 19.3 Å². The van der Waals surface area contributed by atoms with Gasteiger partial charge in [0.2, 0.25) is 17.7 Å². The van der Waals surface area contributed by atoms with Crippen molar-refractivity contribution in [2.75, 3.05) is 19.0 Å². The summed E-state index contributed by atoms with van der Waals surface area (Å²) < 4.78 is 4.98. The summed E-state index contributed by atoms with van der Waals surface area (Å²) in [5, 5.41) is 2.91. The van der Waals surface area contributed by atoms with E-state index in [0.29, 0.717) is 12.4 Å². The van der Waals surface area contributed by atoms with Crippen molar-refractivity contribution in [3.63, 3.8) is 0 Å². The van der Waals surface area contributed by atoms with Gasteiger partial charge in [0, 0.05) is 12.0 Å². The number of carbonyl (C=O) groups excluding carboxylic acids is 1. The topological polar surface area (TPSA) is 90.1 Å². The van der Waals surface area contributed by atoms with Crippen LogP contribution in [-0.4, -0.2) is 29.5 Å². The molecule has 3 N–H and O–H groups in total. The smallest absolute Gasteiger partial charge is 0.234 e. The van der Waals surface area contributed by atoms with E-state index in [1.54, 1.807) is 0 Å². The lowest BCUT2D eigenvalue weighted by Crippen LogP contribution is -2.30. The molecular weight excluding hydrogens is 268 g/mol. The largest absolute Gasteiger partial charge is 0.481 e. The summed E-state index contributed by atoms with van der Waals surface area (Å²) in [5.74, 6) is 0.547. The first-order valence-corrected chi connectivity index (χ1v) is 6.61. The van der Waals surface area contributed by atoms with E-state index in [4.69, 9.17) is 22.1 Å². The third-order valence-corrected chi connectivity index (χ3v) is 3.61. The Hall–Kier alpha value is -1.40. The van der Waals surface area contributed by atoms with Crippen LogP contribution in [0, 0.1) is 11.8 Å². The zero-order valence-corrected chi connectivity index (χ0v) is 11.5. The number of nitrogens with zero attached hydrogens (tertiary/aromatic N) is 2. The maximum atomic E-state index is 12.2. The Morgan fingerprint density at radius 2 is 2.37 bits per heavy atom. The van der Waals surface area contributed by atoms with Crippen LogP contribution in [0.3, 0.4) is 0 Å². The van der Waals surface area contributed by atoms with Crippen molar-refractivity contribution < 1.29 is 9.53 Å². The molecule has 0 radical (unpaired) electrons. The molecule has 1 saturated carbocycles. The Balaban J connectivity index is 2.08. The van der Waals surface area contributed by atoms with Gasteiger partial charge in [-0.1, -0.05) is 18.0 Å². The minimum Gasteiger partial charge on any atom is -0.481 e. The van der Waals surface area contributed by atoms with E-state index in [-0.39, 0.29) is 28.8 Å². The monoisotopic (exact) mass is 284 g/mol. The number of rotatable bonds is 4. The number of nitrogens with one attached hydrogen (secondary N) is 1. The summed E-state index contributed by atoms with van der Waals surface area (Å²) in [7, 11) is 1.48. The first kappa shape index (κ1) is 14.0. The van der Waals surface area contributed by atoms with Gasteiger partial charge in [-0.3, -0.25) is 10.1 Å². The van der Waals surface area contributed by atoms with Crippen LogP contribution in [0.4, 0.5) is 5.95 Å². The van der Waals surface area contributed by atoms with Gasteiger partial charge in [0.1, 0.15) is 5.15 Å². The van der Waals surface area contributed by atoms with E-state index in [9.17, 15) is 4.79 Å². The first-order chi connectivity index (χ1) is 9.13. The van der Waals surface area contributed by atoms with Crippen molar-refractivity contribution in [1.82, 2.24) is 9.97 Å². The van der Waals surface area contributed by atoms with Gasteiger partial charge < -0.3 is 10.5 Å². The molecule has 0 saturated heterocycles. The molecule has 1 fully saturated rings. The van der Waals surface area contributed by atoms with Crippen molar-refractivity contribution in [2.45, 2.75) is 19.3 Å². The molecule has 0 bridgehead atoms. The Morgan fingerprint density at radius 3 is 3.05 bits per heavy atom. The Morgan fingerprint density at radius 1 is 1.58 bits per heavy atom. The number of amides is 1. The van der Waals surface area contributed by atoms with Crippen LogP contribution in [0.5, 0.6) is 5.88 Å². The highest BCUT2D eigenvalue weighted by Crippen LogP contribution is 2.31. The average molecular weight is 285 g/mol. The second kappa shape index (κ2) is 6.16. The number of halogens is 1. The van der Waals surface area contributed by atoms with Gasteiger partial charge in [-0.15, -0.1) is 0 Å². The third-order valence-electron chi connectivity index (χ3n) is 3.41. The van der Waals surface area contributed by atoms with Crippen molar-refractivity contribution in [3.05, 3.63) is 11.2 Å². The minimum absolute atomic E-state index is 0.0708. The number of hydrogen-bond donors (Lipinski definition) is 2. The average Bonchev–Trinajstić information content (AvgIpc) is 2.86. The summed E-state index contributed by atoms with van der Waals surface area (Å²) in [4.78, 5) is 20.2. The lowest BCUT2D eigenvalue weighted by molar-refractivity contribution is -0.120. The molecule has 2 rings (SSSR count). The summed E-state index contributed by atoms with van der Waals surface area (Å²) in [6.07, 6.45) is 2.87. The van der Waals surface area contributed by atoms with Crippen LogP contribution in [0.1, 0.15) is 19.3 Å². The molecule has 6 nitrogen and oxygen atoms in total. The number of aromatic nitrogens is 2. The van der Waals surface area contributed by atoms with Gasteiger partial charge in [-0.05, 0) is 25.3 Å². The molecule has 2 atom stereocenters. The Kier molecular flexibility index (Phi) is 4.55. The number of hydrogen-bond acceptors (Lipinski definition) is 5. The van der Waals surface area contributed by atoms with Crippen LogP contribution >= 0.6 is 11.6 Å². The molecule has 104 valence electrons. The van der Waals surface area contributed by atoms with Crippen molar-refractivity contribution >= 4 is 23.5 Å². The zero-order valence-electron chi connectivity index (χ0n) is 10.7. The summed E-state index contributed by atoms with van der Waals surface area (Å²) in [6.45, 7) is 0.526. The standard InChI is InChI=1S/C12H17ClN4O2/c1-19-10-5-9(13)15-12(16-10)17-11(18)8-4-2-3-7(8)6-14/h5,7-8H,2-4,6,14H2,1H3,(H,15,16,17,18). The van der Waals surface area contributed by atoms with Crippen LogP contribution in [0.15, 0.2) is 6.07 Å². The second-order valence-corrected chi connectivity index (χ2v) is 4.97. The fourth-order valence-electron chi connectivity index (χ4n) is 2.42. The molecule has 0 spiro atoms. The molecule has 19 heavy (non-hydrogen) atoms. The van der Waals surface area contributed by atoms with Gasteiger partial charge >= 0.3 is 0 Å². The molecule has 1 heterocycles. The van der Waals surface area contributed by atoms with E-state index >= 15 is 0 Å². The Labute approximate surface area is 116 Å². The highest BCUT2D eigenvalue weighted by molar-refractivity contribution is 6.29. The SMILES string of the molecule is COc1cc(Cl)nc(NC(=O)C2CCCC2CN)n1. The number of methoxy groups -OCH3 is 1. The summed E-state index contributed by atoms with van der Waals surface area (Å²) in [5.41, 5.74) is 5.67. The first-order valence-electron chi connectivity index (χ1n) is 6.23. The van der Waals surface area contributed by atoms with Gasteiger partial charge in [-0.25, -0.2) is 4.98 Å². The van der Waals surface area contributed by atoms with Gasteiger partial charge in [0.05, 0.1) is 7.11 Å². The second-order valence-electron chi connectivity index (χ2n) is 4.58. The highest BCUT2D eigenvalue weighted by Gasteiger charge is 2.32. The van der Waals surface area contributed by atoms with Crippen LogP contribution < -0.4 is 15.8 Å².